The van der Waals surface area contributed by atoms with Gasteiger partial charge in [-0.2, -0.15) is 0 Å². The van der Waals surface area contributed by atoms with Gasteiger partial charge in [0.05, 0.1) is 12.4 Å². The van der Waals surface area contributed by atoms with Crippen molar-refractivity contribution in [2.24, 2.45) is 0 Å². The molecule has 0 atom stereocenters. The number of anilines is 1. The molecule has 1 heterocycles. The van der Waals surface area contributed by atoms with Gasteiger partial charge < -0.3 is 10.6 Å². The third kappa shape index (κ3) is 4.89. The number of nitrogens with zero attached hydrogens (tertiary/aromatic N) is 2. The molecule has 0 spiro atoms. The summed E-state index contributed by atoms with van der Waals surface area (Å²) in [5.74, 6) is 0.408. The van der Waals surface area contributed by atoms with Crippen LogP contribution in [0, 0.1) is 13.8 Å². The van der Waals surface area contributed by atoms with Crippen LogP contribution in [0.15, 0.2) is 60.9 Å². The Kier molecular flexibility index (Phi) is 5.59. The molecule has 2 N–H and O–H groups in total. The molecule has 5 heteroatoms. The lowest BCUT2D eigenvalue weighted by atomic mass is 10.1. The number of nitrogens with one attached hydrogen (secondary N) is 2. The van der Waals surface area contributed by atoms with Crippen LogP contribution in [0.2, 0.25) is 0 Å². The van der Waals surface area contributed by atoms with Gasteiger partial charge in [-0.3, -0.25) is 4.79 Å². The summed E-state index contributed by atoms with van der Waals surface area (Å²) in [4.78, 5) is 20.7. The number of benzene rings is 2. The van der Waals surface area contributed by atoms with E-state index in [-0.39, 0.29) is 5.91 Å². The smallest absolute Gasteiger partial charge is 0.271 e. The normalized spacial score (nSPS) is 10.4. The number of hydrogen-bond donors (Lipinski definition) is 2. The Labute approximate surface area is 153 Å². The van der Waals surface area contributed by atoms with Crippen molar-refractivity contribution in [1.29, 1.82) is 0 Å². The van der Waals surface area contributed by atoms with Crippen molar-refractivity contribution >= 4 is 11.7 Å². The van der Waals surface area contributed by atoms with Gasteiger partial charge in [0, 0.05) is 13.1 Å². The lowest BCUT2D eigenvalue weighted by Gasteiger charge is -2.08. The van der Waals surface area contributed by atoms with Crippen molar-refractivity contribution in [3.63, 3.8) is 0 Å². The summed E-state index contributed by atoms with van der Waals surface area (Å²) >= 11 is 0. The number of aromatic nitrogens is 2. The van der Waals surface area contributed by atoms with E-state index >= 15 is 0 Å². The summed E-state index contributed by atoms with van der Waals surface area (Å²) in [6.45, 7) is 5.22. The first-order valence-corrected chi connectivity index (χ1v) is 8.55. The van der Waals surface area contributed by atoms with Gasteiger partial charge in [0.15, 0.2) is 0 Å². The number of amides is 1. The second-order valence-corrected chi connectivity index (χ2v) is 6.30. The Balaban J connectivity index is 1.54. The summed E-state index contributed by atoms with van der Waals surface area (Å²) < 4.78 is 0. The third-order valence-corrected chi connectivity index (χ3v) is 3.98. The van der Waals surface area contributed by atoms with Crippen molar-refractivity contribution in [1.82, 2.24) is 15.3 Å². The van der Waals surface area contributed by atoms with Gasteiger partial charge in [-0.1, -0.05) is 59.7 Å². The highest BCUT2D eigenvalue weighted by atomic mass is 16.1. The van der Waals surface area contributed by atoms with Crippen molar-refractivity contribution in [2.75, 3.05) is 5.32 Å². The Bertz CT molecular complexity index is 891. The molecule has 0 radical (unpaired) electrons. The van der Waals surface area contributed by atoms with E-state index in [9.17, 15) is 4.79 Å². The first-order chi connectivity index (χ1) is 12.6. The second kappa shape index (κ2) is 8.25. The lowest BCUT2D eigenvalue weighted by molar-refractivity contribution is 0.0945. The van der Waals surface area contributed by atoms with Crippen LogP contribution in [-0.2, 0) is 13.1 Å². The van der Waals surface area contributed by atoms with E-state index < -0.39 is 0 Å². The fourth-order valence-corrected chi connectivity index (χ4v) is 2.65. The van der Waals surface area contributed by atoms with Crippen molar-refractivity contribution in [3.05, 3.63) is 88.9 Å². The molecule has 0 fully saturated rings. The van der Waals surface area contributed by atoms with Crippen LogP contribution in [0.3, 0.4) is 0 Å². The van der Waals surface area contributed by atoms with E-state index in [1.165, 1.54) is 22.9 Å². The Morgan fingerprint density at radius 2 is 1.54 bits per heavy atom. The van der Waals surface area contributed by atoms with E-state index in [4.69, 9.17) is 0 Å². The molecule has 0 aliphatic heterocycles. The zero-order valence-electron chi connectivity index (χ0n) is 15.0. The molecule has 0 bridgehead atoms. The van der Waals surface area contributed by atoms with Crippen molar-refractivity contribution < 1.29 is 4.79 Å². The van der Waals surface area contributed by atoms with Gasteiger partial charge in [0.1, 0.15) is 11.5 Å². The highest BCUT2D eigenvalue weighted by Crippen LogP contribution is 2.08. The topological polar surface area (TPSA) is 66.9 Å². The van der Waals surface area contributed by atoms with Crippen LogP contribution in [0.4, 0.5) is 5.82 Å². The number of carbonyl (C=O) groups is 1. The van der Waals surface area contributed by atoms with Gasteiger partial charge in [0.25, 0.3) is 5.91 Å². The molecule has 0 aliphatic rings. The predicted octanol–water partition coefficient (Wildman–Crippen LogP) is 3.64. The monoisotopic (exact) mass is 346 g/mol. The Morgan fingerprint density at radius 1 is 0.885 bits per heavy atom. The third-order valence-electron chi connectivity index (χ3n) is 3.98. The van der Waals surface area contributed by atoms with Crippen molar-refractivity contribution in [2.45, 2.75) is 26.9 Å². The van der Waals surface area contributed by atoms with E-state index in [0.29, 0.717) is 24.6 Å². The molecule has 1 amide bonds. The average molecular weight is 346 g/mol. The van der Waals surface area contributed by atoms with Crippen molar-refractivity contribution in [3.8, 4) is 0 Å². The fraction of sp³-hybridized carbons (Fsp3) is 0.190. The Hall–Kier alpha value is -3.21. The first-order valence-electron chi connectivity index (χ1n) is 8.55. The van der Waals surface area contributed by atoms with Crippen LogP contribution in [0.25, 0.3) is 0 Å². The van der Waals surface area contributed by atoms with E-state index in [2.05, 4.69) is 45.7 Å². The van der Waals surface area contributed by atoms with Crippen LogP contribution < -0.4 is 10.6 Å². The van der Waals surface area contributed by atoms with Crippen LogP contribution in [0.5, 0.6) is 0 Å². The van der Waals surface area contributed by atoms with Gasteiger partial charge in [-0.05, 0) is 25.0 Å². The number of hydrogen-bond acceptors (Lipinski definition) is 4. The summed E-state index contributed by atoms with van der Waals surface area (Å²) in [6.07, 6.45) is 3.07. The number of rotatable bonds is 6. The van der Waals surface area contributed by atoms with Gasteiger partial charge in [-0.25, -0.2) is 9.97 Å². The molecule has 3 aromatic rings. The SMILES string of the molecule is Cc1cccc(CNC(=O)c2cnc(NCc3cccc(C)c3)cn2)c1. The maximum absolute atomic E-state index is 12.2. The van der Waals surface area contributed by atoms with Gasteiger partial charge in [0.2, 0.25) is 0 Å². The minimum atomic E-state index is -0.232. The quantitative estimate of drug-likeness (QED) is 0.715. The summed E-state index contributed by atoms with van der Waals surface area (Å²) in [5, 5.41) is 6.08. The van der Waals surface area contributed by atoms with E-state index in [1.807, 2.05) is 37.3 Å². The molecule has 26 heavy (non-hydrogen) atoms. The van der Waals surface area contributed by atoms with Crippen LogP contribution in [0.1, 0.15) is 32.7 Å². The molecular weight excluding hydrogens is 324 g/mol. The highest BCUT2D eigenvalue weighted by molar-refractivity contribution is 5.91. The first kappa shape index (κ1) is 17.6. The minimum absolute atomic E-state index is 0.232. The molecule has 0 aliphatic carbocycles. The minimum Gasteiger partial charge on any atom is -0.365 e. The van der Waals surface area contributed by atoms with Gasteiger partial charge >= 0.3 is 0 Å². The predicted molar refractivity (Wildman–Crippen MR) is 103 cm³/mol. The number of carbonyl (C=O) groups excluding carboxylic acids is 1. The van der Waals surface area contributed by atoms with Crippen LogP contribution in [-0.4, -0.2) is 15.9 Å². The maximum atomic E-state index is 12.2. The standard InChI is InChI=1S/C21H22N4O/c1-15-5-3-7-17(9-15)11-23-20-14-22-19(13-24-20)21(26)25-12-18-8-4-6-16(2)10-18/h3-10,13-14H,11-12H2,1-2H3,(H,23,24)(H,25,26). The summed E-state index contributed by atoms with van der Waals surface area (Å²) in [7, 11) is 0. The molecule has 1 aromatic heterocycles. The highest BCUT2D eigenvalue weighted by Gasteiger charge is 2.08. The average Bonchev–Trinajstić information content (AvgIpc) is 2.65. The summed E-state index contributed by atoms with van der Waals surface area (Å²) in [5.41, 5.74) is 4.92. The molecule has 132 valence electrons. The molecular formula is C21H22N4O. The molecule has 2 aromatic carbocycles. The maximum Gasteiger partial charge on any atom is 0.271 e. The molecule has 3 rings (SSSR count). The largest absolute Gasteiger partial charge is 0.365 e. The lowest BCUT2D eigenvalue weighted by Crippen LogP contribution is -2.24. The second-order valence-electron chi connectivity index (χ2n) is 6.30. The zero-order chi connectivity index (χ0) is 18.4. The van der Waals surface area contributed by atoms with E-state index in [1.54, 1.807) is 6.20 Å². The zero-order valence-corrected chi connectivity index (χ0v) is 15.0. The number of aryl methyl sites for hydroxylation is 2. The van der Waals surface area contributed by atoms with E-state index in [0.717, 1.165) is 5.56 Å². The molecule has 5 nitrogen and oxygen atoms in total. The molecule has 0 saturated heterocycles. The van der Waals surface area contributed by atoms with Gasteiger partial charge in [-0.15, -0.1) is 0 Å². The summed E-state index contributed by atoms with van der Waals surface area (Å²) in [6, 6.07) is 16.3. The molecule has 0 unspecified atom stereocenters. The fourth-order valence-electron chi connectivity index (χ4n) is 2.65. The Morgan fingerprint density at radius 3 is 2.12 bits per heavy atom. The van der Waals surface area contributed by atoms with Crippen LogP contribution >= 0.6 is 0 Å². The molecule has 0 saturated carbocycles.